The molecule has 1 aliphatic carbocycles. The second-order valence-corrected chi connectivity index (χ2v) is 5.08. The molecule has 0 unspecified atom stereocenters. The van der Waals surface area contributed by atoms with E-state index < -0.39 is 0 Å². The summed E-state index contributed by atoms with van der Waals surface area (Å²) in [5, 5.41) is 4.11. The van der Waals surface area contributed by atoms with E-state index in [1.54, 1.807) is 6.33 Å². The minimum Gasteiger partial charge on any atom is -0.335 e. The Morgan fingerprint density at radius 2 is 2.16 bits per heavy atom. The Kier molecular flexibility index (Phi) is 3.59. The Balaban J connectivity index is 1.75. The van der Waals surface area contributed by atoms with Crippen LogP contribution in [0.15, 0.2) is 17.0 Å². The molecule has 1 fully saturated rings. The normalized spacial score (nSPS) is 16.9. The van der Waals surface area contributed by atoms with E-state index in [2.05, 4.69) is 15.1 Å². The molecular weight excluding hydrogens is 242 g/mol. The van der Waals surface area contributed by atoms with Crippen molar-refractivity contribution >= 4 is 0 Å². The molecule has 2 N–H and O–H groups in total. The van der Waals surface area contributed by atoms with Gasteiger partial charge in [-0.2, -0.15) is 4.98 Å². The molecule has 2 heterocycles. The van der Waals surface area contributed by atoms with Crippen molar-refractivity contribution in [2.24, 2.45) is 5.73 Å². The number of hydrogen-bond acceptors (Lipinski definition) is 5. The van der Waals surface area contributed by atoms with Crippen molar-refractivity contribution in [2.75, 3.05) is 6.54 Å². The molecule has 0 aromatic carbocycles. The summed E-state index contributed by atoms with van der Waals surface area (Å²) in [4.78, 5) is 8.77. The molecule has 2 aromatic rings. The van der Waals surface area contributed by atoms with Crippen LogP contribution in [0.2, 0.25) is 0 Å². The van der Waals surface area contributed by atoms with Crippen molar-refractivity contribution in [3.8, 4) is 11.6 Å². The zero-order chi connectivity index (χ0) is 13.1. The average Bonchev–Trinajstić information content (AvgIpc) is 3.08. The maximum Gasteiger partial charge on any atom is 0.278 e. The molecule has 6 nitrogen and oxygen atoms in total. The molecule has 0 atom stereocenters. The Labute approximate surface area is 112 Å². The molecular formula is C13H19N5O. The fraction of sp³-hybridized carbons (Fsp3) is 0.615. The zero-order valence-corrected chi connectivity index (χ0v) is 11.0. The van der Waals surface area contributed by atoms with Crippen LogP contribution in [0.3, 0.4) is 0 Å². The number of nitrogens with zero attached hydrogens (tertiary/aromatic N) is 4. The molecule has 1 aliphatic rings. The van der Waals surface area contributed by atoms with Gasteiger partial charge >= 0.3 is 0 Å². The van der Waals surface area contributed by atoms with E-state index in [4.69, 9.17) is 10.3 Å². The summed E-state index contributed by atoms with van der Waals surface area (Å²) >= 11 is 0. The van der Waals surface area contributed by atoms with Gasteiger partial charge in [0.25, 0.3) is 5.89 Å². The number of imidazole rings is 1. The summed E-state index contributed by atoms with van der Waals surface area (Å²) in [6.07, 6.45) is 9.82. The summed E-state index contributed by atoms with van der Waals surface area (Å²) in [6, 6.07) is 0. The molecule has 2 aromatic heterocycles. The van der Waals surface area contributed by atoms with Crippen LogP contribution in [-0.2, 0) is 6.54 Å². The molecule has 0 bridgehead atoms. The fourth-order valence-electron chi connectivity index (χ4n) is 2.61. The monoisotopic (exact) mass is 261 g/mol. The van der Waals surface area contributed by atoms with Crippen LogP contribution in [-0.4, -0.2) is 26.2 Å². The van der Waals surface area contributed by atoms with Crippen LogP contribution < -0.4 is 5.73 Å². The van der Waals surface area contributed by atoms with E-state index in [1.165, 1.54) is 32.1 Å². The molecule has 1 saturated carbocycles. The predicted octanol–water partition coefficient (Wildman–Crippen LogP) is 1.94. The van der Waals surface area contributed by atoms with Crippen LogP contribution in [0.1, 0.15) is 43.8 Å². The lowest BCUT2D eigenvalue weighted by molar-refractivity contribution is 0.385. The second kappa shape index (κ2) is 5.52. The lowest BCUT2D eigenvalue weighted by Gasteiger charge is -2.17. The zero-order valence-electron chi connectivity index (χ0n) is 11.0. The lowest BCUT2D eigenvalue weighted by atomic mass is 9.89. The highest BCUT2D eigenvalue weighted by Crippen LogP contribution is 2.31. The minimum absolute atomic E-state index is 0.456. The molecule has 0 radical (unpaired) electrons. The number of aromatic nitrogens is 4. The van der Waals surface area contributed by atoms with Gasteiger partial charge < -0.3 is 14.8 Å². The van der Waals surface area contributed by atoms with Gasteiger partial charge in [0, 0.05) is 25.2 Å². The van der Waals surface area contributed by atoms with E-state index in [-0.39, 0.29) is 0 Å². The summed E-state index contributed by atoms with van der Waals surface area (Å²) < 4.78 is 7.26. The van der Waals surface area contributed by atoms with Gasteiger partial charge in [-0.1, -0.05) is 24.4 Å². The topological polar surface area (TPSA) is 82.8 Å². The number of rotatable bonds is 4. The summed E-state index contributed by atoms with van der Waals surface area (Å²) in [5.74, 6) is 1.80. The fourth-order valence-corrected chi connectivity index (χ4v) is 2.61. The maximum atomic E-state index is 5.51. The summed E-state index contributed by atoms with van der Waals surface area (Å²) in [5.41, 5.74) is 6.24. The van der Waals surface area contributed by atoms with Crippen molar-refractivity contribution in [3.05, 3.63) is 18.3 Å². The van der Waals surface area contributed by atoms with Gasteiger partial charge in [-0.05, 0) is 12.8 Å². The van der Waals surface area contributed by atoms with Crippen molar-refractivity contribution in [1.29, 1.82) is 0 Å². The van der Waals surface area contributed by atoms with E-state index in [0.717, 1.165) is 18.1 Å². The van der Waals surface area contributed by atoms with Crippen molar-refractivity contribution in [2.45, 2.75) is 44.6 Å². The van der Waals surface area contributed by atoms with E-state index >= 15 is 0 Å². The van der Waals surface area contributed by atoms with Crippen LogP contribution in [0.25, 0.3) is 11.6 Å². The molecule has 6 heteroatoms. The number of nitrogens with two attached hydrogens (primary N) is 1. The molecule has 3 rings (SSSR count). The van der Waals surface area contributed by atoms with E-state index in [0.29, 0.717) is 18.4 Å². The SMILES string of the molecule is NCCn1cnc(-c2nc(C3CCCCC3)no2)c1. The van der Waals surface area contributed by atoms with Crippen molar-refractivity contribution in [1.82, 2.24) is 19.7 Å². The van der Waals surface area contributed by atoms with Gasteiger partial charge in [-0.25, -0.2) is 4.98 Å². The molecule has 0 spiro atoms. The first-order valence-electron chi connectivity index (χ1n) is 6.92. The number of hydrogen-bond donors (Lipinski definition) is 1. The largest absolute Gasteiger partial charge is 0.335 e. The van der Waals surface area contributed by atoms with Crippen molar-refractivity contribution < 1.29 is 4.52 Å². The highest BCUT2D eigenvalue weighted by Gasteiger charge is 2.21. The highest BCUT2D eigenvalue weighted by atomic mass is 16.5. The van der Waals surface area contributed by atoms with Gasteiger partial charge in [0.2, 0.25) is 0 Å². The predicted molar refractivity (Wildman–Crippen MR) is 70.4 cm³/mol. The quantitative estimate of drug-likeness (QED) is 0.909. The molecule has 0 amide bonds. The molecule has 0 saturated heterocycles. The van der Waals surface area contributed by atoms with Crippen LogP contribution in [0, 0.1) is 0 Å². The third-order valence-electron chi connectivity index (χ3n) is 3.65. The summed E-state index contributed by atoms with van der Waals surface area (Å²) in [7, 11) is 0. The second-order valence-electron chi connectivity index (χ2n) is 5.08. The Morgan fingerprint density at radius 3 is 2.95 bits per heavy atom. The first-order chi connectivity index (χ1) is 9.36. The van der Waals surface area contributed by atoms with Gasteiger partial charge in [0.15, 0.2) is 5.82 Å². The van der Waals surface area contributed by atoms with Gasteiger partial charge in [0.1, 0.15) is 5.69 Å². The van der Waals surface area contributed by atoms with E-state index in [1.807, 2.05) is 10.8 Å². The van der Waals surface area contributed by atoms with Crippen LogP contribution in [0.4, 0.5) is 0 Å². The van der Waals surface area contributed by atoms with Crippen molar-refractivity contribution in [3.63, 3.8) is 0 Å². The third-order valence-corrected chi connectivity index (χ3v) is 3.65. The van der Waals surface area contributed by atoms with Crippen LogP contribution in [0.5, 0.6) is 0 Å². The Hall–Kier alpha value is -1.69. The molecule has 0 aliphatic heterocycles. The Bertz CT molecular complexity index is 527. The van der Waals surface area contributed by atoms with E-state index in [9.17, 15) is 0 Å². The molecule has 102 valence electrons. The molecule has 19 heavy (non-hydrogen) atoms. The highest BCUT2D eigenvalue weighted by molar-refractivity contribution is 5.44. The average molecular weight is 261 g/mol. The lowest BCUT2D eigenvalue weighted by Crippen LogP contribution is -2.07. The minimum atomic E-state index is 0.456. The van der Waals surface area contributed by atoms with Gasteiger partial charge in [-0.3, -0.25) is 0 Å². The Morgan fingerprint density at radius 1 is 1.32 bits per heavy atom. The van der Waals surface area contributed by atoms with Crippen LogP contribution >= 0.6 is 0 Å². The first-order valence-corrected chi connectivity index (χ1v) is 6.92. The standard InChI is InChI=1S/C13H19N5O/c14-6-7-18-8-11(15-9-18)13-16-12(17-19-13)10-4-2-1-3-5-10/h8-10H,1-7,14H2. The third kappa shape index (κ3) is 2.68. The summed E-state index contributed by atoms with van der Waals surface area (Å²) in [6.45, 7) is 1.34. The smallest absolute Gasteiger partial charge is 0.278 e. The first kappa shape index (κ1) is 12.3. The van der Waals surface area contributed by atoms with Gasteiger partial charge in [0.05, 0.1) is 6.33 Å². The van der Waals surface area contributed by atoms with Gasteiger partial charge in [-0.15, -0.1) is 0 Å². The maximum absolute atomic E-state index is 5.51.